The van der Waals surface area contributed by atoms with Crippen molar-refractivity contribution < 1.29 is 22.7 Å². The summed E-state index contributed by atoms with van der Waals surface area (Å²) in [4.78, 5) is 26.2. The van der Waals surface area contributed by atoms with Crippen molar-refractivity contribution in [1.29, 1.82) is 0 Å². The lowest BCUT2D eigenvalue weighted by molar-refractivity contribution is 0.0860. The van der Waals surface area contributed by atoms with E-state index in [1.807, 2.05) is 13.8 Å². The summed E-state index contributed by atoms with van der Waals surface area (Å²) >= 11 is 0. The molecule has 2 aromatic carbocycles. The van der Waals surface area contributed by atoms with Crippen LogP contribution in [0.4, 0.5) is 10.5 Å². The molecule has 0 aromatic heterocycles. The number of aryl methyl sites for hydroxylation is 2. The monoisotopic (exact) mass is 459 g/mol. The summed E-state index contributed by atoms with van der Waals surface area (Å²) in [5.74, 6) is -0.233. The molecular formula is C23H29N3O5S. The van der Waals surface area contributed by atoms with Gasteiger partial charge in [0.15, 0.2) is 0 Å². The summed E-state index contributed by atoms with van der Waals surface area (Å²) in [5.41, 5.74) is 2.73. The molecule has 1 aliphatic heterocycles. The third-order valence-corrected chi connectivity index (χ3v) is 6.92. The van der Waals surface area contributed by atoms with Crippen LogP contribution in [0.3, 0.4) is 0 Å². The van der Waals surface area contributed by atoms with Gasteiger partial charge in [0.25, 0.3) is 15.9 Å². The number of nitrogens with zero attached hydrogens (tertiary/aromatic N) is 1. The van der Waals surface area contributed by atoms with Gasteiger partial charge in [-0.2, -0.15) is 0 Å². The number of carbonyl (C=O) groups is 2. The van der Waals surface area contributed by atoms with Crippen molar-refractivity contribution in [3.8, 4) is 0 Å². The standard InChI is InChI=1S/C23H29N3O5S/c1-4-31-23(28)26-13-11-19(12-14-26)24-22(27)18-6-8-20(9-7-18)25-32(29,30)21-10-5-16(2)17(3)15-21/h5-10,15,19,25H,4,11-14H2,1-3H3,(H,24,27). The quantitative estimate of drug-likeness (QED) is 0.688. The van der Waals surface area contributed by atoms with Crippen LogP contribution in [0.25, 0.3) is 0 Å². The lowest BCUT2D eigenvalue weighted by Gasteiger charge is -2.31. The molecule has 2 N–H and O–H groups in total. The van der Waals surface area contributed by atoms with Gasteiger partial charge in [-0.25, -0.2) is 13.2 Å². The Morgan fingerprint density at radius 2 is 1.69 bits per heavy atom. The van der Waals surface area contributed by atoms with Crippen molar-refractivity contribution in [3.05, 3.63) is 59.2 Å². The van der Waals surface area contributed by atoms with Crippen LogP contribution in [0.15, 0.2) is 47.4 Å². The Hall–Kier alpha value is -3.07. The maximum absolute atomic E-state index is 12.6. The minimum atomic E-state index is -3.72. The molecule has 1 saturated heterocycles. The van der Waals surface area contributed by atoms with Gasteiger partial charge in [0, 0.05) is 30.4 Å². The van der Waals surface area contributed by atoms with Crippen molar-refractivity contribution in [1.82, 2.24) is 10.2 Å². The maximum Gasteiger partial charge on any atom is 0.409 e. The fourth-order valence-corrected chi connectivity index (χ4v) is 4.62. The first kappa shape index (κ1) is 23.6. The Morgan fingerprint density at radius 3 is 2.28 bits per heavy atom. The van der Waals surface area contributed by atoms with E-state index in [4.69, 9.17) is 4.74 Å². The number of rotatable bonds is 6. The Morgan fingerprint density at radius 1 is 1.03 bits per heavy atom. The zero-order chi connectivity index (χ0) is 23.3. The van der Waals surface area contributed by atoms with E-state index < -0.39 is 10.0 Å². The molecule has 172 valence electrons. The van der Waals surface area contributed by atoms with E-state index in [-0.39, 0.29) is 22.9 Å². The molecule has 0 radical (unpaired) electrons. The summed E-state index contributed by atoms with van der Waals surface area (Å²) in [6.45, 7) is 6.96. The van der Waals surface area contributed by atoms with Gasteiger partial charge in [-0.3, -0.25) is 9.52 Å². The number of amides is 2. The van der Waals surface area contributed by atoms with Crippen molar-refractivity contribution >= 4 is 27.7 Å². The first-order chi connectivity index (χ1) is 15.2. The van der Waals surface area contributed by atoms with Crippen LogP contribution in [-0.2, 0) is 14.8 Å². The maximum atomic E-state index is 12.6. The van der Waals surface area contributed by atoms with Gasteiger partial charge in [-0.1, -0.05) is 6.07 Å². The number of benzene rings is 2. The molecule has 0 spiro atoms. The molecule has 2 amide bonds. The number of sulfonamides is 1. The molecule has 0 unspecified atom stereocenters. The van der Waals surface area contributed by atoms with Gasteiger partial charge in [0.2, 0.25) is 0 Å². The topological polar surface area (TPSA) is 105 Å². The van der Waals surface area contributed by atoms with Gasteiger partial charge >= 0.3 is 6.09 Å². The fourth-order valence-electron chi connectivity index (χ4n) is 3.47. The number of hydrogen-bond donors (Lipinski definition) is 2. The van der Waals surface area contributed by atoms with E-state index in [0.717, 1.165) is 11.1 Å². The Balaban J connectivity index is 1.56. The highest BCUT2D eigenvalue weighted by Crippen LogP contribution is 2.20. The highest BCUT2D eigenvalue weighted by Gasteiger charge is 2.25. The number of likely N-dealkylation sites (tertiary alicyclic amines) is 1. The third kappa shape index (κ3) is 5.79. The second kappa shape index (κ2) is 10.0. The highest BCUT2D eigenvalue weighted by atomic mass is 32.2. The van der Waals surface area contributed by atoms with Crippen LogP contribution in [0.1, 0.15) is 41.3 Å². The van der Waals surface area contributed by atoms with Crippen LogP contribution >= 0.6 is 0 Å². The van der Waals surface area contributed by atoms with Gasteiger partial charge in [-0.05, 0) is 81.1 Å². The SMILES string of the molecule is CCOC(=O)N1CCC(NC(=O)c2ccc(NS(=O)(=O)c3ccc(C)c(C)c3)cc2)CC1. The third-order valence-electron chi connectivity index (χ3n) is 5.54. The van der Waals surface area contributed by atoms with Gasteiger partial charge in [-0.15, -0.1) is 0 Å². The van der Waals surface area contributed by atoms with Crippen LogP contribution in [0.5, 0.6) is 0 Å². The van der Waals surface area contributed by atoms with Crippen LogP contribution in [0, 0.1) is 13.8 Å². The molecule has 1 heterocycles. The van der Waals surface area contributed by atoms with Gasteiger partial charge < -0.3 is 15.0 Å². The second-order valence-corrected chi connectivity index (χ2v) is 9.55. The molecule has 0 atom stereocenters. The zero-order valence-electron chi connectivity index (χ0n) is 18.6. The van der Waals surface area contributed by atoms with E-state index in [1.165, 1.54) is 0 Å². The van der Waals surface area contributed by atoms with Gasteiger partial charge in [0.05, 0.1) is 11.5 Å². The Kier molecular flexibility index (Phi) is 7.40. The number of piperidine rings is 1. The normalized spacial score (nSPS) is 14.7. The molecule has 32 heavy (non-hydrogen) atoms. The predicted octanol–water partition coefficient (Wildman–Crippen LogP) is 3.45. The first-order valence-electron chi connectivity index (χ1n) is 10.6. The zero-order valence-corrected chi connectivity index (χ0v) is 19.4. The summed E-state index contributed by atoms with van der Waals surface area (Å²) in [5, 5.41) is 2.98. The van der Waals surface area contributed by atoms with E-state index in [1.54, 1.807) is 54.3 Å². The summed E-state index contributed by atoms with van der Waals surface area (Å²) in [7, 11) is -3.72. The lowest BCUT2D eigenvalue weighted by Crippen LogP contribution is -2.46. The molecule has 2 aromatic rings. The Bertz CT molecular complexity index is 1080. The van der Waals surface area contributed by atoms with Crippen molar-refractivity contribution in [3.63, 3.8) is 0 Å². The molecule has 0 saturated carbocycles. The molecule has 0 aliphatic carbocycles. The van der Waals surface area contributed by atoms with Crippen molar-refractivity contribution in [2.45, 2.75) is 44.6 Å². The highest BCUT2D eigenvalue weighted by molar-refractivity contribution is 7.92. The van der Waals surface area contributed by atoms with E-state index >= 15 is 0 Å². The molecule has 1 aliphatic rings. The first-order valence-corrected chi connectivity index (χ1v) is 12.1. The number of ether oxygens (including phenoxy) is 1. The average Bonchev–Trinajstić information content (AvgIpc) is 2.76. The smallest absolute Gasteiger partial charge is 0.409 e. The summed E-state index contributed by atoms with van der Waals surface area (Å²) in [6, 6.07) is 11.2. The van der Waals surface area contributed by atoms with Crippen LogP contribution in [-0.4, -0.2) is 51.1 Å². The minimum absolute atomic E-state index is 0.0314. The molecule has 1 fully saturated rings. The van der Waals surface area contributed by atoms with Crippen molar-refractivity contribution in [2.75, 3.05) is 24.4 Å². The minimum Gasteiger partial charge on any atom is -0.450 e. The molecule has 0 bridgehead atoms. The Labute approximate surface area is 189 Å². The van der Waals surface area contributed by atoms with Gasteiger partial charge in [0.1, 0.15) is 0 Å². The summed E-state index contributed by atoms with van der Waals surface area (Å²) in [6.07, 6.45) is 0.979. The fraction of sp³-hybridized carbons (Fsp3) is 0.391. The number of nitrogens with one attached hydrogen (secondary N) is 2. The predicted molar refractivity (Wildman–Crippen MR) is 122 cm³/mol. The van der Waals surface area contributed by atoms with E-state index in [0.29, 0.717) is 43.8 Å². The molecule has 8 nitrogen and oxygen atoms in total. The second-order valence-electron chi connectivity index (χ2n) is 7.86. The van der Waals surface area contributed by atoms with Crippen LogP contribution in [0.2, 0.25) is 0 Å². The summed E-state index contributed by atoms with van der Waals surface area (Å²) < 4.78 is 32.8. The number of hydrogen-bond acceptors (Lipinski definition) is 5. The molecular weight excluding hydrogens is 430 g/mol. The van der Waals surface area contributed by atoms with E-state index in [9.17, 15) is 18.0 Å². The number of anilines is 1. The average molecular weight is 460 g/mol. The molecule has 9 heteroatoms. The van der Waals surface area contributed by atoms with E-state index in [2.05, 4.69) is 10.0 Å². The van der Waals surface area contributed by atoms with Crippen LogP contribution < -0.4 is 10.0 Å². The largest absolute Gasteiger partial charge is 0.450 e. The lowest BCUT2D eigenvalue weighted by atomic mass is 10.0. The molecule has 3 rings (SSSR count). The van der Waals surface area contributed by atoms with Crippen molar-refractivity contribution in [2.24, 2.45) is 0 Å². The number of carbonyl (C=O) groups excluding carboxylic acids is 2.